The first kappa shape index (κ1) is 22.0. The van der Waals surface area contributed by atoms with Crippen molar-refractivity contribution < 1.29 is 24.9 Å². The van der Waals surface area contributed by atoms with Crippen LogP contribution in [0, 0.1) is 0 Å². The van der Waals surface area contributed by atoms with E-state index in [-0.39, 0.29) is 19.6 Å². The van der Waals surface area contributed by atoms with Gasteiger partial charge in [-0.1, -0.05) is 24.4 Å². The van der Waals surface area contributed by atoms with Gasteiger partial charge in [-0.15, -0.1) is 0 Å². The molecule has 132 valence electrons. The quantitative estimate of drug-likeness (QED) is 0.263. The summed E-state index contributed by atoms with van der Waals surface area (Å²) in [6.07, 6.45) is -1.03. The molecule has 8 nitrogen and oxygen atoms in total. The Morgan fingerprint density at radius 2 is 1.65 bits per heavy atom. The number of nitrogens with one attached hydrogen (secondary N) is 1. The molecule has 0 aliphatic rings. The molecule has 1 amide bonds. The van der Waals surface area contributed by atoms with E-state index in [0.29, 0.717) is 26.2 Å². The highest BCUT2D eigenvalue weighted by atomic mass is 32.1. The molecule has 0 aliphatic heterocycles. The van der Waals surface area contributed by atoms with E-state index in [1.807, 2.05) is 4.90 Å². The van der Waals surface area contributed by atoms with Crippen LogP contribution in [0.2, 0.25) is 0 Å². The highest BCUT2D eigenvalue weighted by molar-refractivity contribution is 7.79. The zero-order chi connectivity index (χ0) is 17.7. The summed E-state index contributed by atoms with van der Waals surface area (Å²) >= 11 is 9.60. The third kappa shape index (κ3) is 12.1. The molecule has 10 heteroatoms. The fourth-order valence-electron chi connectivity index (χ4n) is 1.71. The van der Waals surface area contributed by atoms with E-state index in [0.717, 1.165) is 0 Å². The lowest BCUT2D eigenvalue weighted by molar-refractivity contribution is -0.138. The van der Waals surface area contributed by atoms with Crippen LogP contribution in [0.15, 0.2) is 0 Å². The van der Waals surface area contributed by atoms with E-state index in [4.69, 9.17) is 34.6 Å². The van der Waals surface area contributed by atoms with Gasteiger partial charge in [-0.3, -0.25) is 19.4 Å². The van der Waals surface area contributed by atoms with Gasteiger partial charge < -0.3 is 20.6 Å². The monoisotopic (exact) mass is 365 g/mol. The second kappa shape index (κ2) is 13.4. The Balaban J connectivity index is 4.43. The number of nitrogens with zero attached hydrogens (tertiary/aromatic N) is 2. The van der Waals surface area contributed by atoms with Crippen molar-refractivity contribution in [1.29, 1.82) is 0 Å². The number of amides is 1. The number of hydrogen-bond donors (Lipinski definition) is 4. The first-order valence-electron chi connectivity index (χ1n) is 7.02. The molecule has 0 aromatic rings. The number of carbonyl (C=O) groups is 2. The summed E-state index contributed by atoms with van der Waals surface area (Å²) in [4.78, 5) is 26.1. The van der Waals surface area contributed by atoms with Crippen LogP contribution in [0.3, 0.4) is 0 Å². The van der Waals surface area contributed by atoms with Gasteiger partial charge >= 0.3 is 5.97 Å². The standard InChI is InChI=1S/C13H23N3O5S2/c17-10-11(18)7-14-12(19)8-16(9-13(20)21)2-1-15(3-5-22)4-6-23/h5-6,11,17-18H,1-4,7-10H2,(H,14,19)(H,20,21). The molecule has 0 aromatic carbocycles. The Bertz CT molecular complexity index is 388. The van der Waals surface area contributed by atoms with Crippen molar-refractivity contribution in [2.45, 2.75) is 6.10 Å². The lowest BCUT2D eigenvalue weighted by atomic mass is 10.3. The molecule has 0 aliphatic carbocycles. The Labute approximate surface area is 146 Å². The number of aliphatic hydroxyl groups is 2. The van der Waals surface area contributed by atoms with Crippen LogP contribution >= 0.6 is 24.4 Å². The third-order valence-electron chi connectivity index (χ3n) is 2.87. The summed E-state index contributed by atoms with van der Waals surface area (Å²) in [7, 11) is 0. The molecule has 0 fully saturated rings. The van der Waals surface area contributed by atoms with Crippen molar-refractivity contribution in [3.8, 4) is 0 Å². The number of thiocarbonyl (C=S) groups is 2. The van der Waals surface area contributed by atoms with E-state index in [1.165, 1.54) is 4.90 Å². The summed E-state index contributed by atoms with van der Waals surface area (Å²) in [5, 5.41) is 32.3. The molecule has 0 bridgehead atoms. The maximum Gasteiger partial charge on any atom is 0.317 e. The molecule has 0 saturated heterocycles. The predicted molar refractivity (Wildman–Crippen MR) is 93.9 cm³/mol. The zero-order valence-electron chi connectivity index (χ0n) is 12.8. The maximum atomic E-state index is 11.8. The van der Waals surface area contributed by atoms with E-state index < -0.39 is 24.6 Å². The fraction of sp³-hybridized carbons (Fsp3) is 0.692. The normalized spacial score (nSPS) is 12.2. The van der Waals surface area contributed by atoms with Gasteiger partial charge in [0, 0.05) is 32.7 Å². The van der Waals surface area contributed by atoms with Crippen LogP contribution in [0.1, 0.15) is 0 Å². The van der Waals surface area contributed by atoms with Crippen molar-refractivity contribution in [2.24, 2.45) is 0 Å². The SMILES string of the molecule is O=C(O)CN(CCN(CC=S)CC=S)CC(=O)NCC(O)CO. The summed E-state index contributed by atoms with van der Waals surface area (Å²) < 4.78 is 0. The van der Waals surface area contributed by atoms with E-state index in [9.17, 15) is 14.7 Å². The lowest BCUT2D eigenvalue weighted by Crippen LogP contribution is -2.45. The Hall–Kier alpha value is -1.04. The van der Waals surface area contributed by atoms with Crippen LogP contribution in [0.5, 0.6) is 0 Å². The summed E-state index contributed by atoms with van der Waals surface area (Å²) in [6.45, 7) is 1.01. The summed E-state index contributed by atoms with van der Waals surface area (Å²) in [6, 6.07) is 0. The molecule has 1 unspecified atom stereocenters. The third-order valence-corrected chi connectivity index (χ3v) is 3.17. The minimum atomic E-state index is -1.04. The molecule has 0 aromatic heterocycles. The molecule has 0 heterocycles. The molecule has 23 heavy (non-hydrogen) atoms. The van der Waals surface area contributed by atoms with Crippen molar-refractivity contribution in [3.05, 3.63) is 0 Å². The van der Waals surface area contributed by atoms with Gasteiger partial charge in [0.1, 0.15) is 0 Å². The van der Waals surface area contributed by atoms with Crippen LogP contribution in [-0.2, 0) is 9.59 Å². The molecule has 0 radical (unpaired) electrons. The second-order valence-electron chi connectivity index (χ2n) is 4.84. The van der Waals surface area contributed by atoms with Crippen LogP contribution in [0.25, 0.3) is 0 Å². The Morgan fingerprint density at radius 3 is 2.13 bits per heavy atom. The number of aliphatic hydroxyl groups excluding tert-OH is 2. The number of carbonyl (C=O) groups excluding carboxylic acids is 1. The van der Waals surface area contributed by atoms with Gasteiger partial charge in [0.25, 0.3) is 0 Å². The topological polar surface area (TPSA) is 113 Å². The van der Waals surface area contributed by atoms with Crippen LogP contribution < -0.4 is 5.32 Å². The second-order valence-corrected chi connectivity index (χ2v) is 5.50. The molecular weight excluding hydrogens is 342 g/mol. The maximum absolute atomic E-state index is 11.8. The van der Waals surface area contributed by atoms with Crippen molar-refractivity contribution in [2.75, 3.05) is 52.4 Å². The molecule has 0 saturated carbocycles. The van der Waals surface area contributed by atoms with Crippen molar-refractivity contribution in [1.82, 2.24) is 15.1 Å². The number of aliphatic carboxylic acids is 1. The number of carboxylic acid groups (broad SMARTS) is 1. The van der Waals surface area contributed by atoms with Crippen molar-refractivity contribution in [3.63, 3.8) is 0 Å². The Kier molecular flexibility index (Phi) is 12.8. The highest BCUT2D eigenvalue weighted by Gasteiger charge is 2.15. The predicted octanol–water partition coefficient (Wildman–Crippen LogP) is -1.86. The molecule has 0 rings (SSSR count). The van der Waals surface area contributed by atoms with Crippen LogP contribution in [-0.4, -0.2) is 106 Å². The average molecular weight is 365 g/mol. The average Bonchev–Trinajstić information content (AvgIpc) is 2.49. The van der Waals surface area contributed by atoms with Gasteiger partial charge in [0.15, 0.2) is 0 Å². The number of carboxylic acids is 1. The van der Waals surface area contributed by atoms with Crippen molar-refractivity contribution >= 4 is 47.0 Å². The minimum absolute atomic E-state index is 0.0851. The fourth-order valence-corrected chi connectivity index (χ4v) is 2.13. The molecule has 4 N–H and O–H groups in total. The first-order valence-corrected chi connectivity index (χ1v) is 7.96. The lowest BCUT2D eigenvalue weighted by Gasteiger charge is -2.24. The molecule has 1 atom stereocenters. The van der Waals surface area contributed by atoms with Gasteiger partial charge in [0.2, 0.25) is 5.91 Å². The van der Waals surface area contributed by atoms with E-state index >= 15 is 0 Å². The molecule has 0 spiro atoms. The Morgan fingerprint density at radius 1 is 1.09 bits per heavy atom. The zero-order valence-corrected chi connectivity index (χ0v) is 14.4. The van der Waals surface area contributed by atoms with Gasteiger partial charge in [-0.25, -0.2) is 0 Å². The highest BCUT2D eigenvalue weighted by Crippen LogP contribution is 1.93. The first-order chi connectivity index (χ1) is 10.9. The largest absolute Gasteiger partial charge is 0.480 e. The van der Waals surface area contributed by atoms with Crippen LogP contribution in [0.4, 0.5) is 0 Å². The van der Waals surface area contributed by atoms with E-state index in [1.54, 1.807) is 10.7 Å². The van der Waals surface area contributed by atoms with E-state index in [2.05, 4.69) is 5.32 Å². The minimum Gasteiger partial charge on any atom is -0.480 e. The van der Waals surface area contributed by atoms with Gasteiger partial charge in [-0.2, -0.15) is 0 Å². The smallest absolute Gasteiger partial charge is 0.317 e. The van der Waals surface area contributed by atoms with Gasteiger partial charge in [0.05, 0.1) is 25.8 Å². The summed E-state index contributed by atoms with van der Waals surface area (Å²) in [5.41, 5.74) is 0. The van der Waals surface area contributed by atoms with Gasteiger partial charge in [-0.05, 0) is 10.7 Å². The number of rotatable bonds is 14. The number of hydrogen-bond acceptors (Lipinski definition) is 8. The molecular formula is C13H23N3O5S2. The summed E-state index contributed by atoms with van der Waals surface area (Å²) in [5.74, 6) is -1.46.